The van der Waals surface area contributed by atoms with Crippen LogP contribution in [0.5, 0.6) is 0 Å². The predicted molar refractivity (Wildman–Crippen MR) is 112 cm³/mol. The molecule has 6 heteroatoms. The molecule has 5 nitrogen and oxygen atoms in total. The van der Waals surface area contributed by atoms with E-state index < -0.39 is 5.97 Å². The normalized spacial score (nSPS) is 10.8. The van der Waals surface area contributed by atoms with Gasteiger partial charge in [-0.15, -0.1) is 0 Å². The van der Waals surface area contributed by atoms with Gasteiger partial charge in [-0.2, -0.15) is 10.4 Å². The van der Waals surface area contributed by atoms with Crippen LogP contribution in [0.2, 0.25) is 5.15 Å². The van der Waals surface area contributed by atoms with Gasteiger partial charge in [-0.3, -0.25) is 0 Å². The number of nitriles is 1. The summed E-state index contributed by atoms with van der Waals surface area (Å²) in [7, 11) is 0. The molecule has 1 heterocycles. The van der Waals surface area contributed by atoms with E-state index in [-0.39, 0.29) is 6.61 Å². The van der Waals surface area contributed by atoms with Crippen molar-refractivity contribution in [1.29, 1.82) is 5.26 Å². The Morgan fingerprint density at radius 2 is 1.79 bits per heavy atom. The highest BCUT2D eigenvalue weighted by Gasteiger charge is 2.12. The zero-order valence-electron chi connectivity index (χ0n) is 16.2. The smallest absolute Gasteiger partial charge is 0.331 e. The van der Waals surface area contributed by atoms with Gasteiger partial charge in [-0.05, 0) is 43.2 Å². The van der Waals surface area contributed by atoms with Gasteiger partial charge < -0.3 is 4.74 Å². The summed E-state index contributed by atoms with van der Waals surface area (Å²) in [6, 6.07) is 17.1. The molecule has 1 aromatic heterocycles. The van der Waals surface area contributed by atoms with Crippen LogP contribution >= 0.6 is 11.6 Å². The van der Waals surface area contributed by atoms with Crippen LogP contribution < -0.4 is 0 Å². The third-order valence-electron chi connectivity index (χ3n) is 4.41. The van der Waals surface area contributed by atoms with Gasteiger partial charge in [0.15, 0.2) is 0 Å². The molecule has 3 rings (SSSR count). The van der Waals surface area contributed by atoms with Gasteiger partial charge in [0.05, 0.1) is 23.9 Å². The molecule has 29 heavy (non-hydrogen) atoms. The number of aryl methyl sites for hydroxylation is 2. The van der Waals surface area contributed by atoms with Crippen LogP contribution in [0.15, 0.2) is 54.6 Å². The standard InChI is InChI=1S/C23H20ClN3O2/c1-16-3-5-19(6-4-16)14-27-23(24)21(17(2)26-27)11-12-22(28)29-15-20-9-7-18(13-25)8-10-20/h3-12H,14-15H2,1-2H3/b12-11+. The van der Waals surface area contributed by atoms with Gasteiger partial charge in [0.2, 0.25) is 0 Å². The molecular formula is C23H20ClN3O2. The van der Waals surface area contributed by atoms with E-state index in [1.54, 1.807) is 35.0 Å². The van der Waals surface area contributed by atoms with Gasteiger partial charge in [0.25, 0.3) is 0 Å². The minimum atomic E-state index is -0.476. The Balaban J connectivity index is 1.63. The molecule has 0 aliphatic rings. The largest absolute Gasteiger partial charge is 0.458 e. The lowest BCUT2D eigenvalue weighted by Gasteiger charge is -2.04. The summed E-state index contributed by atoms with van der Waals surface area (Å²) in [6.45, 7) is 4.57. The van der Waals surface area contributed by atoms with Crippen LogP contribution in [0, 0.1) is 25.2 Å². The highest BCUT2D eigenvalue weighted by molar-refractivity contribution is 6.31. The van der Waals surface area contributed by atoms with Gasteiger partial charge >= 0.3 is 5.97 Å². The summed E-state index contributed by atoms with van der Waals surface area (Å²) in [5.74, 6) is -0.476. The lowest BCUT2D eigenvalue weighted by atomic mass is 10.1. The zero-order valence-corrected chi connectivity index (χ0v) is 17.0. The van der Waals surface area contributed by atoms with Crippen molar-refractivity contribution in [3.63, 3.8) is 0 Å². The van der Waals surface area contributed by atoms with E-state index in [2.05, 4.69) is 5.10 Å². The lowest BCUT2D eigenvalue weighted by Crippen LogP contribution is -2.02. The Kier molecular flexibility index (Phi) is 6.48. The third kappa shape index (κ3) is 5.34. The van der Waals surface area contributed by atoms with E-state index in [1.165, 1.54) is 11.6 Å². The molecule has 146 valence electrons. The molecule has 0 fully saturated rings. The van der Waals surface area contributed by atoms with Gasteiger partial charge in [-0.25, -0.2) is 9.48 Å². The number of nitrogens with zero attached hydrogens (tertiary/aromatic N) is 3. The number of ether oxygens (including phenoxy) is 1. The molecule has 0 radical (unpaired) electrons. The minimum Gasteiger partial charge on any atom is -0.458 e. The average Bonchev–Trinajstić information content (AvgIpc) is 2.99. The third-order valence-corrected chi connectivity index (χ3v) is 4.81. The van der Waals surface area contributed by atoms with E-state index in [4.69, 9.17) is 21.6 Å². The summed E-state index contributed by atoms with van der Waals surface area (Å²) in [5.41, 5.74) is 5.09. The second-order valence-electron chi connectivity index (χ2n) is 6.68. The summed E-state index contributed by atoms with van der Waals surface area (Å²) >= 11 is 6.47. The van der Waals surface area contributed by atoms with E-state index in [0.717, 1.165) is 16.8 Å². The van der Waals surface area contributed by atoms with Crippen molar-refractivity contribution in [2.75, 3.05) is 0 Å². The first kappa shape index (κ1) is 20.4. The quantitative estimate of drug-likeness (QED) is 0.435. The number of carbonyl (C=O) groups is 1. The molecule has 0 aliphatic heterocycles. The summed E-state index contributed by atoms with van der Waals surface area (Å²) in [6.07, 6.45) is 2.97. The maximum Gasteiger partial charge on any atom is 0.331 e. The van der Waals surface area contributed by atoms with E-state index in [0.29, 0.717) is 22.8 Å². The van der Waals surface area contributed by atoms with Gasteiger partial charge in [0, 0.05) is 11.6 Å². The van der Waals surface area contributed by atoms with Crippen LogP contribution in [0.1, 0.15) is 33.5 Å². The summed E-state index contributed by atoms with van der Waals surface area (Å²) < 4.78 is 6.95. The van der Waals surface area contributed by atoms with Crippen molar-refractivity contribution >= 4 is 23.6 Å². The second kappa shape index (κ2) is 9.22. The molecule has 0 bridgehead atoms. The number of esters is 1. The number of hydrogen-bond donors (Lipinski definition) is 0. The lowest BCUT2D eigenvalue weighted by molar-refractivity contribution is -0.138. The molecule has 0 atom stereocenters. The van der Waals surface area contributed by atoms with Crippen LogP contribution in [0.4, 0.5) is 0 Å². The Morgan fingerprint density at radius 1 is 1.14 bits per heavy atom. The molecule has 0 aliphatic carbocycles. The van der Waals surface area contributed by atoms with Crippen molar-refractivity contribution in [2.24, 2.45) is 0 Å². The number of aromatic nitrogens is 2. The van der Waals surface area contributed by atoms with Crippen LogP contribution in [-0.2, 0) is 22.7 Å². The fourth-order valence-corrected chi connectivity index (χ4v) is 3.05. The van der Waals surface area contributed by atoms with Crippen LogP contribution in [0.3, 0.4) is 0 Å². The number of carbonyl (C=O) groups excluding carboxylic acids is 1. The highest BCUT2D eigenvalue weighted by atomic mass is 35.5. The van der Waals surface area contributed by atoms with Crippen molar-refractivity contribution in [3.8, 4) is 6.07 Å². The Hall–Kier alpha value is -3.36. The Labute approximate surface area is 174 Å². The SMILES string of the molecule is Cc1ccc(Cn2nc(C)c(/C=C/C(=O)OCc3ccc(C#N)cc3)c2Cl)cc1. The summed E-state index contributed by atoms with van der Waals surface area (Å²) in [4.78, 5) is 12.0. The first-order chi connectivity index (χ1) is 14.0. The van der Waals surface area contributed by atoms with Gasteiger partial charge in [0.1, 0.15) is 11.8 Å². The topological polar surface area (TPSA) is 67.9 Å². The molecule has 0 unspecified atom stereocenters. The molecule has 0 spiro atoms. The fraction of sp³-hybridized carbons (Fsp3) is 0.174. The minimum absolute atomic E-state index is 0.133. The first-order valence-electron chi connectivity index (χ1n) is 9.08. The van der Waals surface area contributed by atoms with E-state index >= 15 is 0 Å². The molecule has 2 aromatic carbocycles. The van der Waals surface area contributed by atoms with Crippen molar-refractivity contribution in [3.05, 3.63) is 93.3 Å². The maximum atomic E-state index is 12.0. The van der Waals surface area contributed by atoms with E-state index in [1.807, 2.05) is 44.2 Å². The molecule has 0 N–H and O–H groups in total. The molecule has 3 aromatic rings. The molecule has 0 amide bonds. The number of halogens is 1. The monoisotopic (exact) mass is 405 g/mol. The van der Waals surface area contributed by atoms with E-state index in [9.17, 15) is 4.79 Å². The van der Waals surface area contributed by atoms with Gasteiger partial charge in [-0.1, -0.05) is 53.6 Å². The van der Waals surface area contributed by atoms with Crippen molar-refractivity contribution in [1.82, 2.24) is 9.78 Å². The number of benzene rings is 2. The van der Waals surface area contributed by atoms with Crippen LogP contribution in [-0.4, -0.2) is 15.7 Å². The predicted octanol–water partition coefficient (Wildman–Crippen LogP) is 4.83. The fourth-order valence-electron chi connectivity index (χ4n) is 2.76. The Morgan fingerprint density at radius 3 is 2.45 bits per heavy atom. The zero-order chi connectivity index (χ0) is 20.8. The molecular weight excluding hydrogens is 386 g/mol. The highest BCUT2D eigenvalue weighted by Crippen LogP contribution is 2.22. The number of hydrogen-bond acceptors (Lipinski definition) is 4. The average molecular weight is 406 g/mol. The first-order valence-corrected chi connectivity index (χ1v) is 9.46. The summed E-state index contributed by atoms with van der Waals surface area (Å²) in [5, 5.41) is 13.7. The maximum absolute atomic E-state index is 12.0. The molecule has 0 saturated carbocycles. The Bertz CT molecular complexity index is 1080. The van der Waals surface area contributed by atoms with Crippen molar-refractivity contribution < 1.29 is 9.53 Å². The van der Waals surface area contributed by atoms with Crippen LogP contribution in [0.25, 0.3) is 6.08 Å². The molecule has 0 saturated heterocycles. The number of rotatable bonds is 6. The van der Waals surface area contributed by atoms with Crippen molar-refractivity contribution in [2.45, 2.75) is 27.0 Å². The second-order valence-corrected chi connectivity index (χ2v) is 7.04.